The molecule has 2 aromatic carbocycles. The van der Waals surface area contributed by atoms with Crippen LogP contribution in [0.3, 0.4) is 0 Å². The molecule has 2 aliphatic rings. The van der Waals surface area contributed by atoms with Gasteiger partial charge in [0, 0.05) is 10.8 Å². The number of allylic oxidation sites excluding steroid dienone is 2. The minimum atomic E-state index is 0.209. The molecule has 0 aromatic heterocycles. The normalized spacial score (nSPS) is 32.7. The highest BCUT2D eigenvalue weighted by Gasteiger charge is 2.61. The van der Waals surface area contributed by atoms with Crippen molar-refractivity contribution in [2.45, 2.75) is 38.5 Å². The Morgan fingerprint density at radius 3 is 1.61 bits per heavy atom. The molecule has 0 heterocycles. The van der Waals surface area contributed by atoms with Gasteiger partial charge in [0.05, 0.1) is 0 Å². The Hall–Kier alpha value is -1.56. The van der Waals surface area contributed by atoms with Gasteiger partial charge in [-0.1, -0.05) is 61.4 Å². The first-order chi connectivity index (χ1) is 8.53. The molecule has 90 valence electrons. The number of benzene rings is 2. The Morgan fingerprint density at radius 1 is 0.722 bits per heavy atom. The summed E-state index contributed by atoms with van der Waals surface area (Å²) in [4.78, 5) is 0. The second kappa shape index (κ2) is 2.71. The Morgan fingerprint density at radius 2 is 1.17 bits per heavy atom. The van der Waals surface area contributed by atoms with Crippen LogP contribution in [0.5, 0.6) is 0 Å². The fraction of sp³-hybridized carbons (Fsp3) is 0.333. The van der Waals surface area contributed by atoms with Crippen LogP contribution in [-0.2, 0) is 10.8 Å². The molecule has 0 spiro atoms. The first-order valence-electron chi connectivity index (χ1n) is 6.74. The van der Waals surface area contributed by atoms with E-state index >= 15 is 0 Å². The molecule has 0 aliphatic heterocycles. The average molecular weight is 234 g/mol. The van der Waals surface area contributed by atoms with Crippen LogP contribution in [0.4, 0.5) is 0 Å². The lowest BCUT2D eigenvalue weighted by Crippen LogP contribution is -2.52. The van der Waals surface area contributed by atoms with E-state index in [9.17, 15) is 0 Å². The molecular formula is C18H18. The summed E-state index contributed by atoms with van der Waals surface area (Å²) in [5.41, 5.74) is 6.60. The molecule has 0 saturated heterocycles. The highest BCUT2D eigenvalue weighted by Crippen LogP contribution is 2.67. The minimum absolute atomic E-state index is 0.209. The quantitative estimate of drug-likeness (QED) is 0.579. The predicted molar refractivity (Wildman–Crippen MR) is 77.0 cm³/mol. The second-order valence-electron chi connectivity index (χ2n) is 6.21. The molecule has 0 N–H and O–H groups in total. The standard InChI is InChI=1S/C18H18/c1-11-12(2)18(4)15-10-6-8-13-7-5-9-14(16(13)15)17(11,18)3/h5-10H,1-4H3/t17-,18+. The zero-order chi connectivity index (χ0) is 12.7. The van der Waals surface area contributed by atoms with Gasteiger partial charge in [-0.3, -0.25) is 0 Å². The predicted octanol–water partition coefficient (Wildman–Crippen LogP) is 4.72. The lowest BCUT2D eigenvalue weighted by molar-refractivity contribution is 0.300. The zero-order valence-corrected chi connectivity index (χ0v) is 11.5. The van der Waals surface area contributed by atoms with Crippen LogP contribution >= 0.6 is 0 Å². The third kappa shape index (κ3) is 0.738. The number of hydrogen-bond donors (Lipinski definition) is 0. The van der Waals surface area contributed by atoms with Gasteiger partial charge in [0.2, 0.25) is 0 Å². The number of fused-ring (bicyclic) bond motifs is 3. The van der Waals surface area contributed by atoms with E-state index < -0.39 is 0 Å². The second-order valence-corrected chi connectivity index (χ2v) is 6.21. The first kappa shape index (κ1) is 10.4. The van der Waals surface area contributed by atoms with Gasteiger partial charge in [0.15, 0.2) is 0 Å². The van der Waals surface area contributed by atoms with E-state index in [1.165, 1.54) is 21.9 Å². The maximum Gasteiger partial charge on any atom is 0.0271 e. The van der Waals surface area contributed by atoms with Crippen molar-refractivity contribution in [3.63, 3.8) is 0 Å². The van der Waals surface area contributed by atoms with Gasteiger partial charge in [-0.25, -0.2) is 0 Å². The smallest absolute Gasteiger partial charge is 0.0271 e. The maximum atomic E-state index is 2.42. The highest BCUT2D eigenvalue weighted by molar-refractivity contribution is 5.97. The van der Waals surface area contributed by atoms with Crippen LogP contribution < -0.4 is 0 Å². The maximum absolute atomic E-state index is 2.42. The summed E-state index contributed by atoms with van der Waals surface area (Å²) in [5.74, 6) is 0. The van der Waals surface area contributed by atoms with Gasteiger partial charge in [-0.05, 0) is 35.7 Å². The van der Waals surface area contributed by atoms with Crippen LogP contribution in [0.25, 0.3) is 10.8 Å². The lowest BCUT2D eigenvalue weighted by Gasteiger charge is -2.55. The van der Waals surface area contributed by atoms with Crippen molar-refractivity contribution < 1.29 is 0 Å². The molecule has 0 nitrogen and oxygen atoms in total. The van der Waals surface area contributed by atoms with Crippen molar-refractivity contribution in [1.82, 2.24) is 0 Å². The zero-order valence-electron chi connectivity index (χ0n) is 11.5. The van der Waals surface area contributed by atoms with Gasteiger partial charge < -0.3 is 0 Å². The molecule has 18 heavy (non-hydrogen) atoms. The fourth-order valence-electron chi connectivity index (χ4n) is 4.55. The van der Waals surface area contributed by atoms with Crippen LogP contribution in [0, 0.1) is 0 Å². The summed E-state index contributed by atoms with van der Waals surface area (Å²) in [6.45, 7) is 9.46. The summed E-state index contributed by atoms with van der Waals surface area (Å²) in [5, 5.41) is 2.89. The summed E-state index contributed by atoms with van der Waals surface area (Å²) < 4.78 is 0. The van der Waals surface area contributed by atoms with E-state index in [1.54, 1.807) is 11.1 Å². The third-order valence-electron chi connectivity index (χ3n) is 6.04. The van der Waals surface area contributed by atoms with E-state index in [-0.39, 0.29) is 10.8 Å². The molecule has 0 amide bonds. The van der Waals surface area contributed by atoms with Crippen molar-refractivity contribution in [3.8, 4) is 0 Å². The Kier molecular flexibility index (Phi) is 1.56. The molecule has 0 bridgehead atoms. The molecule has 4 rings (SSSR count). The SMILES string of the molecule is CC1=C(C)[C@]2(C)c3cccc4cccc(c34)[C@]12C. The molecular weight excluding hydrogens is 216 g/mol. The summed E-state index contributed by atoms with van der Waals surface area (Å²) in [6, 6.07) is 13.5. The van der Waals surface area contributed by atoms with Crippen LogP contribution in [0.15, 0.2) is 47.5 Å². The van der Waals surface area contributed by atoms with E-state index in [0.717, 1.165) is 0 Å². The number of hydrogen-bond acceptors (Lipinski definition) is 0. The molecule has 2 aliphatic carbocycles. The Balaban J connectivity index is 2.25. The largest absolute Gasteiger partial charge is 0.0619 e. The molecule has 2 atom stereocenters. The van der Waals surface area contributed by atoms with Gasteiger partial charge in [-0.15, -0.1) is 0 Å². The topological polar surface area (TPSA) is 0 Å². The van der Waals surface area contributed by atoms with Crippen LogP contribution in [-0.4, -0.2) is 0 Å². The van der Waals surface area contributed by atoms with Crippen molar-refractivity contribution in [2.75, 3.05) is 0 Å². The Bertz CT molecular complexity index is 676. The average Bonchev–Trinajstić information content (AvgIpc) is 2.59. The van der Waals surface area contributed by atoms with Gasteiger partial charge in [0.1, 0.15) is 0 Å². The molecule has 0 radical (unpaired) electrons. The minimum Gasteiger partial charge on any atom is -0.0619 e. The van der Waals surface area contributed by atoms with E-state index in [2.05, 4.69) is 64.1 Å². The van der Waals surface area contributed by atoms with E-state index in [1.807, 2.05) is 0 Å². The third-order valence-corrected chi connectivity index (χ3v) is 6.04. The highest BCUT2D eigenvalue weighted by atomic mass is 14.6. The molecule has 0 fully saturated rings. The van der Waals surface area contributed by atoms with E-state index in [0.29, 0.717) is 0 Å². The summed E-state index contributed by atoms with van der Waals surface area (Å²) in [6.07, 6.45) is 0. The number of rotatable bonds is 0. The van der Waals surface area contributed by atoms with Gasteiger partial charge in [0.25, 0.3) is 0 Å². The van der Waals surface area contributed by atoms with Gasteiger partial charge in [-0.2, -0.15) is 0 Å². The first-order valence-corrected chi connectivity index (χ1v) is 6.74. The van der Waals surface area contributed by atoms with Crippen molar-refractivity contribution in [1.29, 1.82) is 0 Å². The Labute approximate surface area is 108 Å². The summed E-state index contributed by atoms with van der Waals surface area (Å²) in [7, 11) is 0. The monoisotopic (exact) mass is 234 g/mol. The summed E-state index contributed by atoms with van der Waals surface area (Å²) >= 11 is 0. The molecule has 0 heteroatoms. The van der Waals surface area contributed by atoms with Crippen LogP contribution in [0.2, 0.25) is 0 Å². The lowest BCUT2D eigenvalue weighted by atomic mass is 9.48. The molecule has 2 aromatic rings. The fourth-order valence-corrected chi connectivity index (χ4v) is 4.55. The van der Waals surface area contributed by atoms with Gasteiger partial charge >= 0.3 is 0 Å². The molecule has 0 saturated carbocycles. The van der Waals surface area contributed by atoms with Crippen molar-refractivity contribution in [3.05, 3.63) is 58.7 Å². The van der Waals surface area contributed by atoms with Crippen molar-refractivity contribution >= 4 is 10.8 Å². The van der Waals surface area contributed by atoms with Crippen LogP contribution in [0.1, 0.15) is 38.8 Å². The van der Waals surface area contributed by atoms with E-state index in [4.69, 9.17) is 0 Å². The van der Waals surface area contributed by atoms with Crippen molar-refractivity contribution in [2.24, 2.45) is 0 Å². The molecule has 0 unspecified atom stereocenters.